The van der Waals surface area contributed by atoms with Gasteiger partial charge in [-0.25, -0.2) is 0 Å². The molecule has 0 atom stereocenters. The Hall–Kier alpha value is -2.27. The lowest BCUT2D eigenvalue weighted by Crippen LogP contribution is -2.11. The van der Waals surface area contributed by atoms with Crippen LogP contribution >= 0.6 is 11.5 Å². The summed E-state index contributed by atoms with van der Waals surface area (Å²) in [7, 11) is 0. The zero-order chi connectivity index (χ0) is 12.4. The third kappa shape index (κ3) is 1.96. The van der Waals surface area contributed by atoms with Gasteiger partial charge < -0.3 is 5.32 Å². The van der Waals surface area contributed by atoms with Crippen LogP contribution in [-0.2, 0) is 0 Å². The minimum atomic E-state index is -0.141. The minimum absolute atomic E-state index is 0.141. The molecule has 0 aliphatic carbocycles. The minimum Gasteiger partial charge on any atom is -0.322 e. The number of benzene rings is 2. The van der Waals surface area contributed by atoms with Gasteiger partial charge in [0.2, 0.25) is 0 Å². The van der Waals surface area contributed by atoms with E-state index in [2.05, 4.69) is 14.9 Å². The fraction of sp³-hybridized carbons (Fsp3) is 0. The van der Waals surface area contributed by atoms with Crippen LogP contribution in [0.1, 0.15) is 10.4 Å². The van der Waals surface area contributed by atoms with Crippen molar-refractivity contribution in [3.05, 3.63) is 54.1 Å². The van der Waals surface area contributed by atoms with Crippen molar-refractivity contribution in [2.24, 2.45) is 0 Å². The third-order valence-corrected chi connectivity index (χ3v) is 3.33. The number of aromatic nitrogens is 2. The molecule has 0 aliphatic rings. The molecule has 3 rings (SSSR count). The van der Waals surface area contributed by atoms with Crippen LogP contribution in [-0.4, -0.2) is 15.5 Å². The molecule has 2 aromatic carbocycles. The molecule has 0 saturated heterocycles. The van der Waals surface area contributed by atoms with Crippen LogP contribution < -0.4 is 5.32 Å². The molecule has 0 unspecified atom stereocenters. The van der Waals surface area contributed by atoms with Gasteiger partial charge in [-0.05, 0) is 35.8 Å². The Morgan fingerprint density at radius 1 is 1.06 bits per heavy atom. The monoisotopic (exact) mass is 255 g/mol. The van der Waals surface area contributed by atoms with Crippen molar-refractivity contribution in [1.82, 2.24) is 9.59 Å². The molecule has 4 nitrogen and oxygen atoms in total. The van der Waals surface area contributed by atoms with Crippen molar-refractivity contribution in [3.63, 3.8) is 0 Å². The standard InChI is InChI=1S/C13H9N3OS/c17-13(14-9-5-2-1-3-6-9)10-7-4-8-11-12(10)18-16-15-11/h1-8H,(H,14,17). The second kappa shape index (κ2) is 4.54. The summed E-state index contributed by atoms with van der Waals surface area (Å²) in [6.07, 6.45) is 0. The third-order valence-electron chi connectivity index (χ3n) is 2.55. The van der Waals surface area contributed by atoms with E-state index in [0.29, 0.717) is 5.56 Å². The topological polar surface area (TPSA) is 54.9 Å². The molecule has 0 aliphatic heterocycles. The first-order valence-electron chi connectivity index (χ1n) is 5.42. The molecular weight excluding hydrogens is 246 g/mol. The van der Waals surface area contributed by atoms with Gasteiger partial charge in [-0.2, -0.15) is 0 Å². The molecule has 0 radical (unpaired) electrons. The van der Waals surface area contributed by atoms with Crippen LogP contribution in [0, 0.1) is 0 Å². The SMILES string of the molecule is O=C(Nc1ccccc1)c1cccc2nnsc12. The highest BCUT2D eigenvalue weighted by molar-refractivity contribution is 7.13. The number of amides is 1. The lowest BCUT2D eigenvalue weighted by Gasteiger charge is -2.04. The molecule has 18 heavy (non-hydrogen) atoms. The number of nitrogens with zero attached hydrogens (tertiary/aromatic N) is 2. The number of nitrogens with one attached hydrogen (secondary N) is 1. The Labute approximate surface area is 107 Å². The zero-order valence-corrected chi connectivity index (χ0v) is 10.1. The van der Waals surface area contributed by atoms with Gasteiger partial charge in [0.25, 0.3) is 5.91 Å². The molecule has 0 spiro atoms. The van der Waals surface area contributed by atoms with E-state index in [-0.39, 0.29) is 5.91 Å². The Bertz CT molecular complexity index is 694. The van der Waals surface area contributed by atoms with Crippen molar-refractivity contribution in [2.75, 3.05) is 5.32 Å². The number of anilines is 1. The Morgan fingerprint density at radius 2 is 1.89 bits per heavy atom. The molecule has 88 valence electrons. The van der Waals surface area contributed by atoms with E-state index < -0.39 is 0 Å². The first kappa shape index (κ1) is 10.9. The highest BCUT2D eigenvalue weighted by Gasteiger charge is 2.12. The van der Waals surface area contributed by atoms with E-state index in [0.717, 1.165) is 15.9 Å². The van der Waals surface area contributed by atoms with Gasteiger partial charge in [-0.3, -0.25) is 4.79 Å². The number of rotatable bonds is 2. The molecule has 1 aromatic heterocycles. The van der Waals surface area contributed by atoms with Gasteiger partial charge >= 0.3 is 0 Å². The average Bonchev–Trinajstić information content (AvgIpc) is 2.87. The smallest absolute Gasteiger partial charge is 0.257 e. The van der Waals surface area contributed by atoms with Crippen molar-refractivity contribution in [1.29, 1.82) is 0 Å². The number of hydrogen-bond acceptors (Lipinski definition) is 4. The van der Waals surface area contributed by atoms with Gasteiger partial charge in [0, 0.05) is 5.69 Å². The fourth-order valence-electron chi connectivity index (χ4n) is 1.70. The van der Waals surface area contributed by atoms with Gasteiger partial charge in [0.1, 0.15) is 5.52 Å². The second-order valence-electron chi connectivity index (χ2n) is 3.75. The number of carbonyl (C=O) groups excluding carboxylic acids is 1. The maximum atomic E-state index is 12.2. The summed E-state index contributed by atoms with van der Waals surface area (Å²) in [6, 6.07) is 14.8. The van der Waals surface area contributed by atoms with E-state index in [9.17, 15) is 4.79 Å². The van der Waals surface area contributed by atoms with Gasteiger partial charge in [0.05, 0.1) is 10.3 Å². The zero-order valence-electron chi connectivity index (χ0n) is 9.33. The summed E-state index contributed by atoms with van der Waals surface area (Å²) in [5.74, 6) is -0.141. The molecule has 0 bridgehead atoms. The predicted molar refractivity (Wildman–Crippen MR) is 71.8 cm³/mol. The van der Waals surface area contributed by atoms with Gasteiger partial charge in [-0.1, -0.05) is 28.8 Å². The lowest BCUT2D eigenvalue weighted by molar-refractivity contribution is 0.102. The molecule has 3 aromatic rings. The van der Waals surface area contributed by atoms with Crippen LogP contribution in [0.4, 0.5) is 5.69 Å². The van der Waals surface area contributed by atoms with Crippen LogP contribution in [0.15, 0.2) is 48.5 Å². The highest BCUT2D eigenvalue weighted by Crippen LogP contribution is 2.21. The molecule has 1 heterocycles. The maximum Gasteiger partial charge on any atom is 0.257 e. The largest absolute Gasteiger partial charge is 0.322 e. The first-order chi connectivity index (χ1) is 8.84. The first-order valence-corrected chi connectivity index (χ1v) is 6.19. The van der Waals surface area contributed by atoms with Crippen LogP contribution in [0.25, 0.3) is 10.2 Å². The summed E-state index contributed by atoms with van der Waals surface area (Å²) >= 11 is 1.23. The second-order valence-corrected chi connectivity index (χ2v) is 4.50. The van der Waals surface area contributed by atoms with Crippen molar-refractivity contribution in [3.8, 4) is 0 Å². The molecule has 0 fully saturated rings. The summed E-state index contributed by atoms with van der Waals surface area (Å²) in [5.41, 5.74) is 2.13. The summed E-state index contributed by atoms with van der Waals surface area (Å²) < 4.78 is 4.67. The van der Waals surface area contributed by atoms with Crippen molar-refractivity contribution in [2.45, 2.75) is 0 Å². The number of fused-ring (bicyclic) bond motifs is 1. The fourth-order valence-corrected chi connectivity index (χ4v) is 2.38. The van der Waals surface area contributed by atoms with E-state index in [1.54, 1.807) is 6.07 Å². The number of para-hydroxylation sites is 1. The Balaban J connectivity index is 1.95. The van der Waals surface area contributed by atoms with Crippen molar-refractivity contribution >= 4 is 33.3 Å². The van der Waals surface area contributed by atoms with E-state index in [1.807, 2.05) is 42.5 Å². The number of hydrogen-bond donors (Lipinski definition) is 1. The van der Waals surface area contributed by atoms with Crippen LogP contribution in [0.2, 0.25) is 0 Å². The average molecular weight is 255 g/mol. The summed E-state index contributed by atoms with van der Waals surface area (Å²) in [5, 5.41) is 6.81. The highest BCUT2D eigenvalue weighted by atomic mass is 32.1. The van der Waals surface area contributed by atoms with E-state index in [1.165, 1.54) is 11.5 Å². The molecule has 1 N–H and O–H groups in total. The van der Waals surface area contributed by atoms with Gasteiger partial charge in [0.15, 0.2) is 0 Å². The Kier molecular flexibility index (Phi) is 2.74. The summed E-state index contributed by atoms with van der Waals surface area (Å²) in [6.45, 7) is 0. The van der Waals surface area contributed by atoms with E-state index >= 15 is 0 Å². The normalized spacial score (nSPS) is 10.4. The molecule has 1 amide bonds. The quantitative estimate of drug-likeness (QED) is 0.766. The molecule has 5 heteroatoms. The van der Waals surface area contributed by atoms with Crippen molar-refractivity contribution < 1.29 is 4.79 Å². The number of carbonyl (C=O) groups is 1. The lowest BCUT2D eigenvalue weighted by atomic mass is 10.2. The Morgan fingerprint density at radius 3 is 2.72 bits per heavy atom. The van der Waals surface area contributed by atoms with Gasteiger partial charge in [-0.15, -0.1) is 5.10 Å². The molecular formula is C13H9N3OS. The van der Waals surface area contributed by atoms with E-state index in [4.69, 9.17) is 0 Å². The molecule has 0 saturated carbocycles. The predicted octanol–water partition coefficient (Wildman–Crippen LogP) is 2.94. The maximum absolute atomic E-state index is 12.2. The van der Waals surface area contributed by atoms with Crippen LogP contribution in [0.3, 0.4) is 0 Å². The van der Waals surface area contributed by atoms with Crippen LogP contribution in [0.5, 0.6) is 0 Å². The summed E-state index contributed by atoms with van der Waals surface area (Å²) in [4.78, 5) is 12.2.